The Balaban J connectivity index is 1.18. The summed E-state index contributed by atoms with van der Waals surface area (Å²) >= 11 is 0. The van der Waals surface area contributed by atoms with Gasteiger partial charge in [0.15, 0.2) is 5.82 Å². The molecule has 1 aromatic carbocycles. The minimum atomic E-state index is 0.106. The van der Waals surface area contributed by atoms with Gasteiger partial charge in [-0.1, -0.05) is 58.6 Å². The number of anilines is 2. The van der Waals surface area contributed by atoms with Crippen LogP contribution in [-0.2, 0) is 32.2 Å². The van der Waals surface area contributed by atoms with Crippen LogP contribution in [0.15, 0.2) is 30.5 Å². The number of nitrogens with one attached hydrogen (secondary N) is 1. The van der Waals surface area contributed by atoms with Crippen molar-refractivity contribution in [2.75, 3.05) is 77.3 Å². The molecule has 0 bridgehead atoms. The van der Waals surface area contributed by atoms with Crippen LogP contribution in [0.4, 0.5) is 11.8 Å². The molecule has 1 aliphatic heterocycles. The van der Waals surface area contributed by atoms with Gasteiger partial charge in [0.05, 0.1) is 52.0 Å². The molecule has 0 saturated carbocycles. The van der Waals surface area contributed by atoms with E-state index in [0.717, 1.165) is 92.9 Å². The predicted octanol–water partition coefficient (Wildman–Crippen LogP) is 5.53. The van der Waals surface area contributed by atoms with Gasteiger partial charge in [-0.05, 0) is 30.5 Å². The van der Waals surface area contributed by atoms with Gasteiger partial charge in [0, 0.05) is 63.4 Å². The Morgan fingerprint density at radius 2 is 1.66 bits per heavy atom. The van der Waals surface area contributed by atoms with Gasteiger partial charge in [0.1, 0.15) is 17.0 Å². The highest BCUT2D eigenvalue weighted by Gasteiger charge is 2.22. The molecule has 0 aliphatic carbocycles. The number of carbonyl (C=O) groups is 2. The molecule has 50 heavy (non-hydrogen) atoms. The maximum atomic E-state index is 12.8. The number of piperazine rings is 1. The van der Waals surface area contributed by atoms with E-state index in [1.807, 2.05) is 24.1 Å². The van der Waals surface area contributed by atoms with E-state index in [4.69, 9.17) is 19.9 Å². The standard InChI is InChI=1S/C38H59N7O5/c1-5-7-9-16-40-37-36-32(41-38(39)42-37)13-17-45(36)28-31-12-11-30(26-34(31)48-4)27-43-18-20-44(21-19-43)35(47)15-23-50-25-24-49-22-14-33(46)29(3)10-8-6-2/h11-13,17,26,29H,5-10,14-16,18-25,27-28H2,1-4H3,(H3,39,40,41,42). The van der Waals surface area contributed by atoms with Crippen LogP contribution >= 0.6 is 0 Å². The molecule has 3 heterocycles. The summed E-state index contributed by atoms with van der Waals surface area (Å²) in [5.41, 5.74) is 9.99. The molecule has 1 atom stereocenters. The summed E-state index contributed by atoms with van der Waals surface area (Å²) in [6.07, 6.45) is 9.36. The van der Waals surface area contributed by atoms with E-state index in [9.17, 15) is 9.59 Å². The quantitative estimate of drug-likeness (QED) is 0.122. The number of rotatable bonds is 23. The van der Waals surface area contributed by atoms with Gasteiger partial charge in [-0.3, -0.25) is 14.5 Å². The molecule has 3 N–H and O–H groups in total. The largest absolute Gasteiger partial charge is 0.496 e. The van der Waals surface area contributed by atoms with Crippen LogP contribution in [0.3, 0.4) is 0 Å². The third kappa shape index (κ3) is 11.9. The molecule has 0 radical (unpaired) electrons. The number of nitrogens with zero attached hydrogens (tertiary/aromatic N) is 5. The lowest BCUT2D eigenvalue weighted by molar-refractivity contribution is -0.134. The fourth-order valence-corrected chi connectivity index (χ4v) is 6.31. The second-order valence-electron chi connectivity index (χ2n) is 13.3. The number of carbonyl (C=O) groups excluding carboxylic acids is 2. The normalized spacial score (nSPS) is 14.3. The van der Waals surface area contributed by atoms with Crippen LogP contribution in [0.25, 0.3) is 11.0 Å². The molecule has 12 heteroatoms. The number of benzene rings is 1. The minimum absolute atomic E-state index is 0.106. The highest BCUT2D eigenvalue weighted by atomic mass is 16.5. The van der Waals surface area contributed by atoms with Gasteiger partial charge in [-0.2, -0.15) is 4.98 Å². The zero-order valence-electron chi connectivity index (χ0n) is 30.8. The Kier molecular flexibility index (Phi) is 16.3. The van der Waals surface area contributed by atoms with Crippen LogP contribution < -0.4 is 15.8 Å². The fraction of sp³-hybridized carbons (Fsp3) is 0.632. The lowest BCUT2D eigenvalue weighted by Crippen LogP contribution is -2.48. The van der Waals surface area contributed by atoms with Gasteiger partial charge < -0.3 is 34.7 Å². The number of unbranched alkanes of at least 4 members (excludes halogenated alkanes) is 3. The summed E-state index contributed by atoms with van der Waals surface area (Å²) in [4.78, 5) is 38.2. The first-order valence-electron chi connectivity index (χ1n) is 18.5. The monoisotopic (exact) mass is 693 g/mol. The van der Waals surface area contributed by atoms with Gasteiger partial charge in [-0.15, -0.1) is 0 Å². The first-order chi connectivity index (χ1) is 24.3. The topological polar surface area (TPSA) is 137 Å². The Morgan fingerprint density at radius 3 is 2.38 bits per heavy atom. The van der Waals surface area contributed by atoms with Gasteiger partial charge in [0.2, 0.25) is 11.9 Å². The van der Waals surface area contributed by atoms with Crippen LogP contribution in [0.1, 0.15) is 83.3 Å². The molecular formula is C38H59N7O5. The maximum absolute atomic E-state index is 12.8. The van der Waals surface area contributed by atoms with E-state index in [-0.39, 0.29) is 23.6 Å². The SMILES string of the molecule is CCCCCNc1nc(N)nc2ccn(Cc3ccc(CN4CCN(C(=O)CCOCCOCCC(=O)C(C)CCCC)CC4)cc3OC)c12. The average molecular weight is 694 g/mol. The molecule has 3 aromatic rings. The highest BCUT2D eigenvalue weighted by Crippen LogP contribution is 2.27. The third-order valence-electron chi connectivity index (χ3n) is 9.39. The van der Waals surface area contributed by atoms with E-state index in [1.165, 1.54) is 5.56 Å². The Bertz CT molecular complexity index is 1490. The molecule has 4 rings (SSSR count). The van der Waals surface area contributed by atoms with Crippen molar-refractivity contribution in [2.24, 2.45) is 5.92 Å². The molecule has 1 saturated heterocycles. The molecule has 1 unspecified atom stereocenters. The number of ether oxygens (including phenoxy) is 3. The Morgan fingerprint density at radius 1 is 0.920 bits per heavy atom. The van der Waals surface area contributed by atoms with Crippen molar-refractivity contribution in [1.82, 2.24) is 24.3 Å². The number of nitrogens with two attached hydrogens (primary N) is 1. The predicted molar refractivity (Wildman–Crippen MR) is 198 cm³/mol. The van der Waals surface area contributed by atoms with E-state index < -0.39 is 0 Å². The van der Waals surface area contributed by atoms with Crippen LogP contribution in [0, 0.1) is 5.92 Å². The van der Waals surface area contributed by atoms with Crippen molar-refractivity contribution in [3.63, 3.8) is 0 Å². The Hall–Kier alpha value is -3.74. The third-order valence-corrected chi connectivity index (χ3v) is 9.39. The van der Waals surface area contributed by atoms with Gasteiger partial charge in [-0.25, -0.2) is 4.98 Å². The number of aromatic nitrogens is 3. The molecule has 276 valence electrons. The number of hydrogen-bond donors (Lipinski definition) is 2. The van der Waals surface area contributed by atoms with Crippen molar-refractivity contribution < 1.29 is 23.8 Å². The van der Waals surface area contributed by atoms with Crippen LogP contribution in [0.2, 0.25) is 0 Å². The highest BCUT2D eigenvalue weighted by molar-refractivity contribution is 5.87. The molecule has 1 amide bonds. The zero-order chi connectivity index (χ0) is 35.7. The van der Waals surface area contributed by atoms with Gasteiger partial charge >= 0.3 is 0 Å². The average Bonchev–Trinajstić information content (AvgIpc) is 3.52. The second-order valence-corrected chi connectivity index (χ2v) is 13.3. The number of methoxy groups -OCH3 is 1. The number of Topliss-reactive ketones (excluding diaryl/α,β-unsaturated/α-hetero) is 1. The van der Waals surface area contributed by atoms with Crippen LogP contribution in [-0.4, -0.2) is 102 Å². The summed E-state index contributed by atoms with van der Waals surface area (Å²) in [7, 11) is 1.71. The molecule has 2 aromatic heterocycles. The van der Waals surface area contributed by atoms with Crippen molar-refractivity contribution in [3.8, 4) is 5.75 Å². The number of hydrogen-bond acceptors (Lipinski definition) is 10. The summed E-state index contributed by atoms with van der Waals surface area (Å²) in [5, 5.41) is 3.47. The molecule has 12 nitrogen and oxygen atoms in total. The van der Waals surface area contributed by atoms with Gasteiger partial charge in [0.25, 0.3) is 0 Å². The summed E-state index contributed by atoms with van der Waals surface area (Å²) < 4.78 is 19.2. The fourth-order valence-electron chi connectivity index (χ4n) is 6.31. The summed E-state index contributed by atoms with van der Waals surface area (Å²) in [5.74, 6) is 2.35. The maximum Gasteiger partial charge on any atom is 0.224 e. The summed E-state index contributed by atoms with van der Waals surface area (Å²) in [6.45, 7) is 13.2. The number of amides is 1. The van der Waals surface area contributed by atoms with Crippen molar-refractivity contribution in [3.05, 3.63) is 41.6 Å². The molecule has 1 aliphatic rings. The van der Waals surface area contributed by atoms with E-state index in [1.54, 1.807) is 7.11 Å². The van der Waals surface area contributed by atoms with E-state index in [2.05, 4.69) is 56.8 Å². The van der Waals surface area contributed by atoms with Crippen molar-refractivity contribution in [1.29, 1.82) is 0 Å². The lowest BCUT2D eigenvalue weighted by atomic mass is 9.98. The molecule has 0 spiro atoms. The first-order valence-corrected chi connectivity index (χ1v) is 18.5. The molecular weight excluding hydrogens is 634 g/mol. The van der Waals surface area contributed by atoms with Crippen LogP contribution in [0.5, 0.6) is 5.75 Å². The van der Waals surface area contributed by atoms with Crippen molar-refractivity contribution >= 4 is 34.5 Å². The Labute approximate surface area is 298 Å². The number of fused-ring (bicyclic) bond motifs is 1. The van der Waals surface area contributed by atoms with E-state index in [0.29, 0.717) is 58.9 Å². The minimum Gasteiger partial charge on any atom is -0.496 e. The first kappa shape index (κ1) is 39.1. The van der Waals surface area contributed by atoms with Crippen molar-refractivity contribution in [2.45, 2.75) is 85.2 Å². The molecule has 1 fully saturated rings. The smallest absolute Gasteiger partial charge is 0.224 e. The lowest BCUT2D eigenvalue weighted by Gasteiger charge is -2.35. The zero-order valence-corrected chi connectivity index (χ0v) is 30.8. The van der Waals surface area contributed by atoms with E-state index >= 15 is 0 Å². The summed E-state index contributed by atoms with van der Waals surface area (Å²) in [6, 6.07) is 8.38. The second kappa shape index (κ2) is 20.8. The number of nitrogen functional groups attached to an aromatic ring is 1. The number of ketones is 1.